The van der Waals surface area contributed by atoms with Gasteiger partial charge in [0.2, 0.25) is 0 Å². The third-order valence-electron chi connectivity index (χ3n) is 5.21. The van der Waals surface area contributed by atoms with E-state index in [9.17, 15) is 13.2 Å². The lowest BCUT2D eigenvalue weighted by Gasteiger charge is -2.43. The molecule has 0 amide bonds. The third-order valence-corrected chi connectivity index (χ3v) is 9.70. The molecule has 0 aliphatic heterocycles. The van der Waals surface area contributed by atoms with E-state index < -0.39 is 32.6 Å². The second kappa shape index (κ2) is 6.02. The molecule has 134 valence electrons. The van der Waals surface area contributed by atoms with Crippen LogP contribution in [0.5, 0.6) is 0 Å². The minimum absolute atomic E-state index is 0.0713. The molecular formula is C19H27F3OSi. The number of halogens is 3. The highest BCUT2D eigenvalue weighted by molar-refractivity contribution is 6.74. The van der Waals surface area contributed by atoms with Gasteiger partial charge >= 0.3 is 0 Å². The number of alkyl halides is 2. The van der Waals surface area contributed by atoms with Gasteiger partial charge < -0.3 is 4.43 Å². The van der Waals surface area contributed by atoms with Gasteiger partial charge in [0, 0.05) is 12.0 Å². The minimum atomic E-state index is -3.09. The first-order chi connectivity index (χ1) is 10.8. The van der Waals surface area contributed by atoms with Crippen LogP contribution in [0.4, 0.5) is 13.2 Å². The Morgan fingerprint density at radius 3 is 2.29 bits per heavy atom. The summed E-state index contributed by atoms with van der Waals surface area (Å²) in [6.07, 6.45) is -1.10. The Kier molecular flexibility index (Phi) is 4.83. The van der Waals surface area contributed by atoms with Gasteiger partial charge in [-0.3, -0.25) is 0 Å². The van der Waals surface area contributed by atoms with Crippen LogP contribution in [0.2, 0.25) is 18.1 Å². The summed E-state index contributed by atoms with van der Waals surface area (Å²) >= 11 is 0. The van der Waals surface area contributed by atoms with Gasteiger partial charge in [0.05, 0.1) is 6.10 Å². The van der Waals surface area contributed by atoms with Crippen LogP contribution in [0, 0.1) is 5.82 Å². The molecular weight excluding hydrogens is 329 g/mol. The monoisotopic (exact) mass is 356 g/mol. The number of rotatable bonds is 2. The van der Waals surface area contributed by atoms with E-state index in [-0.39, 0.29) is 10.6 Å². The summed E-state index contributed by atoms with van der Waals surface area (Å²) in [5.74, 6) is -3.73. The lowest BCUT2D eigenvalue weighted by molar-refractivity contribution is -0.0415. The fraction of sp³-hybridized carbons (Fsp3) is 0.579. The summed E-state index contributed by atoms with van der Waals surface area (Å²) in [6.45, 7) is 14.2. The molecule has 0 N–H and O–H groups in total. The molecule has 0 heterocycles. The van der Waals surface area contributed by atoms with E-state index in [1.54, 1.807) is 0 Å². The molecule has 0 bridgehead atoms. The summed E-state index contributed by atoms with van der Waals surface area (Å²) in [5, 5.41) is -0.0713. The summed E-state index contributed by atoms with van der Waals surface area (Å²) in [5.41, 5.74) is 1.90. The molecule has 0 spiro atoms. The van der Waals surface area contributed by atoms with E-state index in [1.165, 1.54) is 12.1 Å². The van der Waals surface area contributed by atoms with Gasteiger partial charge in [0.1, 0.15) is 5.82 Å². The van der Waals surface area contributed by atoms with Crippen LogP contribution in [0.1, 0.15) is 52.2 Å². The second-order valence-corrected chi connectivity index (χ2v) is 13.1. The van der Waals surface area contributed by atoms with Crippen LogP contribution in [-0.2, 0) is 10.3 Å². The maximum absolute atomic E-state index is 14.7. The predicted molar refractivity (Wildman–Crippen MR) is 95.2 cm³/mol. The van der Waals surface area contributed by atoms with Crippen molar-refractivity contribution in [3.63, 3.8) is 0 Å². The number of hydrogen-bond acceptors (Lipinski definition) is 1. The standard InChI is InChI=1S/C19H27F3OSi/c1-12(2)17-14-9-8-13(20)10-15(14)19(21,22)11-16(17)23-24(6,7)18(3,4)5/h8-10,16H,11H2,1-7H3. The summed E-state index contributed by atoms with van der Waals surface area (Å²) in [6, 6.07) is 3.66. The zero-order valence-corrected chi connectivity index (χ0v) is 16.6. The van der Waals surface area contributed by atoms with Crippen molar-refractivity contribution in [2.75, 3.05) is 0 Å². The summed E-state index contributed by atoms with van der Waals surface area (Å²) in [7, 11) is -2.22. The van der Waals surface area contributed by atoms with Crippen LogP contribution < -0.4 is 0 Å². The Morgan fingerprint density at radius 2 is 1.79 bits per heavy atom. The van der Waals surface area contributed by atoms with E-state index in [4.69, 9.17) is 4.43 Å². The summed E-state index contributed by atoms with van der Waals surface area (Å²) < 4.78 is 49.2. The molecule has 0 radical (unpaired) electrons. The first-order valence-electron chi connectivity index (χ1n) is 8.30. The van der Waals surface area contributed by atoms with Gasteiger partial charge in [-0.1, -0.05) is 32.4 Å². The Balaban J connectivity index is 2.56. The lowest BCUT2D eigenvalue weighted by atomic mass is 9.81. The zero-order chi connectivity index (χ0) is 18.5. The smallest absolute Gasteiger partial charge is 0.276 e. The van der Waals surface area contributed by atoms with Crippen LogP contribution in [0.15, 0.2) is 23.8 Å². The van der Waals surface area contributed by atoms with Crippen LogP contribution in [-0.4, -0.2) is 14.4 Å². The van der Waals surface area contributed by atoms with Gasteiger partial charge in [-0.15, -0.1) is 0 Å². The molecule has 1 aromatic carbocycles. The average Bonchev–Trinajstić information content (AvgIpc) is 2.36. The molecule has 0 aromatic heterocycles. The van der Waals surface area contributed by atoms with E-state index >= 15 is 0 Å². The van der Waals surface area contributed by atoms with E-state index in [2.05, 4.69) is 33.9 Å². The van der Waals surface area contributed by atoms with E-state index in [1.807, 2.05) is 13.8 Å². The van der Waals surface area contributed by atoms with Gasteiger partial charge in [-0.05, 0) is 55.2 Å². The van der Waals surface area contributed by atoms with Crippen molar-refractivity contribution in [2.24, 2.45) is 0 Å². The molecule has 0 fully saturated rings. The SMILES string of the molecule is CC(C)=C1c2ccc(F)cc2C(F)(F)CC1O[Si](C)(C)C(C)(C)C. The van der Waals surface area contributed by atoms with Crippen molar-refractivity contribution in [3.8, 4) is 0 Å². The number of allylic oxidation sites excluding steroid dienone is 1. The fourth-order valence-corrected chi connectivity index (χ4v) is 4.16. The molecule has 5 heteroatoms. The van der Waals surface area contributed by atoms with E-state index in [0.29, 0.717) is 5.56 Å². The van der Waals surface area contributed by atoms with Crippen LogP contribution >= 0.6 is 0 Å². The minimum Gasteiger partial charge on any atom is -0.410 e. The molecule has 1 unspecified atom stereocenters. The molecule has 0 saturated heterocycles. The van der Waals surface area contributed by atoms with Gasteiger partial charge in [0.15, 0.2) is 8.32 Å². The van der Waals surface area contributed by atoms with Crippen molar-refractivity contribution in [2.45, 2.75) is 71.2 Å². The molecule has 1 nitrogen and oxygen atoms in total. The summed E-state index contributed by atoms with van der Waals surface area (Å²) in [4.78, 5) is 0. The first kappa shape index (κ1) is 19.3. The molecule has 0 saturated carbocycles. The maximum atomic E-state index is 14.7. The molecule has 1 atom stereocenters. The largest absolute Gasteiger partial charge is 0.410 e. The van der Waals surface area contributed by atoms with Crippen molar-refractivity contribution >= 4 is 13.9 Å². The highest BCUT2D eigenvalue weighted by atomic mass is 28.4. The normalized spacial score (nSPS) is 20.8. The topological polar surface area (TPSA) is 9.23 Å². The zero-order valence-electron chi connectivity index (χ0n) is 15.6. The molecule has 1 aliphatic carbocycles. The molecule has 1 aromatic rings. The highest BCUT2D eigenvalue weighted by Gasteiger charge is 2.48. The lowest BCUT2D eigenvalue weighted by Crippen LogP contribution is -2.46. The maximum Gasteiger partial charge on any atom is 0.276 e. The van der Waals surface area contributed by atoms with Crippen molar-refractivity contribution in [3.05, 3.63) is 40.7 Å². The average molecular weight is 357 g/mol. The Labute approximate surface area is 144 Å². The molecule has 24 heavy (non-hydrogen) atoms. The number of benzene rings is 1. The van der Waals surface area contributed by atoms with Gasteiger partial charge in [-0.2, -0.15) is 0 Å². The fourth-order valence-electron chi connectivity index (χ4n) is 2.90. The van der Waals surface area contributed by atoms with Crippen LogP contribution in [0.3, 0.4) is 0 Å². The Morgan fingerprint density at radius 1 is 1.21 bits per heavy atom. The molecule has 1 aliphatic rings. The van der Waals surface area contributed by atoms with E-state index in [0.717, 1.165) is 17.2 Å². The third kappa shape index (κ3) is 3.47. The quantitative estimate of drug-likeness (QED) is 0.549. The van der Waals surface area contributed by atoms with Crippen molar-refractivity contribution in [1.82, 2.24) is 0 Å². The van der Waals surface area contributed by atoms with Crippen molar-refractivity contribution in [1.29, 1.82) is 0 Å². The Hall–Kier alpha value is -1.07. The van der Waals surface area contributed by atoms with Gasteiger partial charge in [0.25, 0.3) is 5.92 Å². The first-order valence-corrected chi connectivity index (χ1v) is 11.2. The predicted octanol–water partition coefficient (Wildman–Crippen LogP) is 6.51. The number of fused-ring (bicyclic) bond motifs is 1. The number of hydrogen-bond donors (Lipinski definition) is 0. The van der Waals surface area contributed by atoms with Crippen LogP contribution in [0.25, 0.3) is 5.57 Å². The van der Waals surface area contributed by atoms with Gasteiger partial charge in [-0.25, -0.2) is 13.2 Å². The second-order valence-electron chi connectivity index (χ2n) is 8.38. The van der Waals surface area contributed by atoms with Crippen molar-refractivity contribution < 1.29 is 17.6 Å². The Bertz CT molecular complexity index is 668. The molecule has 2 rings (SSSR count). The highest BCUT2D eigenvalue weighted by Crippen LogP contribution is 2.49.